The molecule has 120 valence electrons. The fourth-order valence-electron chi connectivity index (χ4n) is 2.59. The van der Waals surface area contributed by atoms with Gasteiger partial charge >= 0.3 is 0 Å². The van der Waals surface area contributed by atoms with Gasteiger partial charge in [0, 0.05) is 26.6 Å². The third kappa shape index (κ3) is 4.88. The van der Waals surface area contributed by atoms with E-state index in [4.69, 9.17) is 14.2 Å². The SMILES string of the molecule is COCCCOc1cc(CC2=CC(=O)CCC2)ccc1OC. The van der Waals surface area contributed by atoms with Gasteiger partial charge in [0.1, 0.15) is 0 Å². The van der Waals surface area contributed by atoms with Crippen molar-refractivity contribution in [3.8, 4) is 11.5 Å². The summed E-state index contributed by atoms with van der Waals surface area (Å²) in [5, 5.41) is 0. The van der Waals surface area contributed by atoms with E-state index in [9.17, 15) is 4.79 Å². The Bertz CT molecular complexity index is 534. The van der Waals surface area contributed by atoms with Crippen LogP contribution in [0.5, 0.6) is 11.5 Å². The normalized spacial score (nSPS) is 14.6. The Morgan fingerprint density at radius 1 is 1.09 bits per heavy atom. The summed E-state index contributed by atoms with van der Waals surface area (Å²) in [7, 11) is 3.32. The van der Waals surface area contributed by atoms with Gasteiger partial charge in [-0.15, -0.1) is 0 Å². The highest BCUT2D eigenvalue weighted by molar-refractivity contribution is 5.91. The fraction of sp³-hybridized carbons (Fsp3) is 0.500. The molecule has 1 aromatic carbocycles. The number of allylic oxidation sites excluding steroid dienone is 2. The zero-order valence-corrected chi connectivity index (χ0v) is 13.4. The van der Waals surface area contributed by atoms with Crippen LogP contribution in [0.1, 0.15) is 31.2 Å². The fourth-order valence-corrected chi connectivity index (χ4v) is 2.59. The smallest absolute Gasteiger partial charge is 0.161 e. The molecule has 0 N–H and O–H groups in total. The molecule has 1 aromatic rings. The molecule has 0 spiro atoms. The maximum absolute atomic E-state index is 11.5. The molecule has 0 bridgehead atoms. The molecule has 1 aliphatic rings. The molecular weight excluding hydrogens is 280 g/mol. The number of rotatable bonds is 8. The third-order valence-corrected chi connectivity index (χ3v) is 3.70. The molecule has 0 saturated carbocycles. The quantitative estimate of drug-likeness (QED) is 0.691. The lowest BCUT2D eigenvalue weighted by atomic mass is 9.93. The van der Waals surface area contributed by atoms with Gasteiger partial charge in [-0.05, 0) is 43.0 Å². The van der Waals surface area contributed by atoms with E-state index in [2.05, 4.69) is 0 Å². The van der Waals surface area contributed by atoms with Crippen LogP contribution in [-0.2, 0) is 16.0 Å². The average molecular weight is 304 g/mol. The summed E-state index contributed by atoms with van der Waals surface area (Å²) in [4.78, 5) is 11.5. The number of carbonyl (C=O) groups is 1. The topological polar surface area (TPSA) is 44.8 Å². The highest BCUT2D eigenvalue weighted by Crippen LogP contribution is 2.30. The van der Waals surface area contributed by atoms with Crippen molar-refractivity contribution in [3.05, 3.63) is 35.4 Å². The highest BCUT2D eigenvalue weighted by atomic mass is 16.5. The van der Waals surface area contributed by atoms with Gasteiger partial charge in [0.25, 0.3) is 0 Å². The lowest BCUT2D eigenvalue weighted by Gasteiger charge is -2.15. The van der Waals surface area contributed by atoms with E-state index in [1.807, 2.05) is 18.2 Å². The van der Waals surface area contributed by atoms with Crippen LogP contribution in [0.4, 0.5) is 0 Å². The van der Waals surface area contributed by atoms with Gasteiger partial charge in [-0.1, -0.05) is 11.6 Å². The van der Waals surface area contributed by atoms with Crippen LogP contribution in [0.15, 0.2) is 29.8 Å². The first-order valence-electron chi connectivity index (χ1n) is 7.74. The maximum Gasteiger partial charge on any atom is 0.161 e. The lowest BCUT2D eigenvalue weighted by Crippen LogP contribution is -2.05. The Morgan fingerprint density at radius 2 is 1.95 bits per heavy atom. The molecule has 4 nitrogen and oxygen atoms in total. The molecule has 1 aliphatic carbocycles. The van der Waals surface area contributed by atoms with Crippen molar-refractivity contribution < 1.29 is 19.0 Å². The minimum atomic E-state index is 0.241. The molecule has 22 heavy (non-hydrogen) atoms. The van der Waals surface area contributed by atoms with Crippen molar-refractivity contribution in [1.29, 1.82) is 0 Å². The second-order valence-corrected chi connectivity index (χ2v) is 5.48. The third-order valence-electron chi connectivity index (χ3n) is 3.70. The highest BCUT2D eigenvalue weighted by Gasteiger charge is 2.12. The number of hydrogen-bond acceptors (Lipinski definition) is 4. The molecule has 0 saturated heterocycles. The molecule has 0 heterocycles. The van der Waals surface area contributed by atoms with Crippen LogP contribution < -0.4 is 9.47 Å². The average Bonchev–Trinajstić information content (AvgIpc) is 2.52. The predicted molar refractivity (Wildman–Crippen MR) is 85.6 cm³/mol. The predicted octanol–water partition coefficient (Wildman–Crippen LogP) is 3.33. The summed E-state index contributed by atoms with van der Waals surface area (Å²) in [6.45, 7) is 1.27. The van der Waals surface area contributed by atoms with Crippen LogP contribution in [0.2, 0.25) is 0 Å². The zero-order chi connectivity index (χ0) is 15.8. The van der Waals surface area contributed by atoms with Crippen molar-refractivity contribution in [2.75, 3.05) is 27.4 Å². The first-order chi connectivity index (χ1) is 10.7. The number of ether oxygens (including phenoxy) is 3. The van der Waals surface area contributed by atoms with E-state index in [0.29, 0.717) is 19.6 Å². The van der Waals surface area contributed by atoms with Crippen molar-refractivity contribution in [2.24, 2.45) is 0 Å². The zero-order valence-electron chi connectivity index (χ0n) is 13.4. The molecule has 0 atom stereocenters. The monoisotopic (exact) mass is 304 g/mol. The standard InChI is InChI=1S/C18H24O4/c1-20-9-4-10-22-18-13-15(7-8-17(18)21-2)11-14-5-3-6-16(19)12-14/h7-8,12-13H,3-6,9-11H2,1-2H3. The summed E-state index contributed by atoms with van der Waals surface area (Å²) >= 11 is 0. The molecule has 0 fully saturated rings. The number of ketones is 1. The van der Waals surface area contributed by atoms with Crippen molar-refractivity contribution >= 4 is 5.78 Å². The van der Waals surface area contributed by atoms with Gasteiger partial charge in [-0.2, -0.15) is 0 Å². The Hall–Kier alpha value is -1.81. The van der Waals surface area contributed by atoms with Gasteiger partial charge in [-0.3, -0.25) is 4.79 Å². The molecular formula is C18H24O4. The molecule has 4 heteroatoms. The van der Waals surface area contributed by atoms with E-state index in [1.165, 1.54) is 5.57 Å². The molecule has 0 amide bonds. The summed E-state index contributed by atoms with van der Waals surface area (Å²) in [6.07, 6.45) is 6.07. The van der Waals surface area contributed by atoms with Crippen LogP contribution >= 0.6 is 0 Å². The van der Waals surface area contributed by atoms with Crippen LogP contribution in [0, 0.1) is 0 Å². The van der Waals surface area contributed by atoms with Crippen molar-refractivity contribution in [2.45, 2.75) is 32.1 Å². The van der Waals surface area contributed by atoms with E-state index >= 15 is 0 Å². The molecule has 0 aliphatic heterocycles. The van der Waals surface area contributed by atoms with E-state index in [0.717, 1.165) is 42.7 Å². The summed E-state index contributed by atoms with van der Waals surface area (Å²) in [5.41, 5.74) is 2.34. The summed E-state index contributed by atoms with van der Waals surface area (Å²) < 4.78 is 16.1. The van der Waals surface area contributed by atoms with Crippen molar-refractivity contribution in [3.63, 3.8) is 0 Å². The molecule has 0 aromatic heterocycles. The van der Waals surface area contributed by atoms with Gasteiger partial charge in [0.05, 0.1) is 13.7 Å². The Morgan fingerprint density at radius 3 is 2.68 bits per heavy atom. The summed E-state index contributed by atoms with van der Waals surface area (Å²) in [5.74, 6) is 1.72. The van der Waals surface area contributed by atoms with E-state index < -0.39 is 0 Å². The number of carbonyl (C=O) groups excluding carboxylic acids is 1. The Balaban J connectivity index is 2.04. The largest absolute Gasteiger partial charge is 0.493 e. The van der Waals surface area contributed by atoms with Crippen molar-refractivity contribution in [1.82, 2.24) is 0 Å². The van der Waals surface area contributed by atoms with Crippen LogP contribution in [-0.4, -0.2) is 33.2 Å². The lowest BCUT2D eigenvalue weighted by molar-refractivity contribution is -0.115. The van der Waals surface area contributed by atoms with Gasteiger partial charge in [0.15, 0.2) is 17.3 Å². The molecule has 0 unspecified atom stereocenters. The minimum Gasteiger partial charge on any atom is -0.493 e. The second-order valence-electron chi connectivity index (χ2n) is 5.48. The van der Waals surface area contributed by atoms with Crippen LogP contribution in [0.3, 0.4) is 0 Å². The summed E-state index contributed by atoms with van der Waals surface area (Å²) in [6, 6.07) is 5.96. The first-order valence-corrected chi connectivity index (χ1v) is 7.74. The first kappa shape index (κ1) is 16.6. The van der Waals surface area contributed by atoms with Crippen LogP contribution in [0.25, 0.3) is 0 Å². The van der Waals surface area contributed by atoms with E-state index in [1.54, 1.807) is 20.3 Å². The maximum atomic E-state index is 11.5. The Kier molecular flexibility index (Phi) is 6.46. The number of methoxy groups -OCH3 is 2. The minimum absolute atomic E-state index is 0.241. The molecule has 0 radical (unpaired) electrons. The number of benzene rings is 1. The second kappa shape index (κ2) is 8.59. The Labute approximate surface area is 132 Å². The van der Waals surface area contributed by atoms with Gasteiger partial charge < -0.3 is 14.2 Å². The molecule has 2 rings (SSSR count). The van der Waals surface area contributed by atoms with Gasteiger partial charge in [0.2, 0.25) is 0 Å². The number of hydrogen-bond donors (Lipinski definition) is 0. The van der Waals surface area contributed by atoms with E-state index in [-0.39, 0.29) is 5.78 Å². The van der Waals surface area contributed by atoms with Gasteiger partial charge in [-0.25, -0.2) is 0 Å².